The van der Waals surface area contributed by atoms with E-state index in [9.17, 15) is 9.59 Å². The van der Waals surface area contributed by atoms with Crippen molar-refractivity contribution >= 4 is 17.7 Å². The van der Waals surface area contributed by atoms with Crippen LogP contribution in [-0.2, 0) is 17.9 Å². The van der Waals surface area contributed by atoms with Crippen LogP contribution in [0.2, 0.25) is 0 Å². The lowest BCUT2D eigenvalue weighted by atomic mass is 10.2. The second-order valence-corrected chi connectivity index (χ2v) is 7.32. The minimum absolute atomic E-state index is 0.00611. The van der Waals surface area contributed by atoms with E-state index in [1.165, 1.54) is 24.0 Å². The molecule has 0 radical (unpaired) electrons. The fraction of sp³-hybridized carbons (Fsp3) is 0.227. The number of nitrogens with one attached hydrogen (secondary N) is 1. The Kier molecular flexibility index (Phi) is 7.47. The number of H-pyrrole nitrogens is 1. The van der Waals surface area contributed by atoms with E-state index in [0.717, 1.165) is 16.9 Å². The standard InChI is InChI=1S/C22H23N3O3S/c1-2-25(21(27)16-29-22-23-13-12-20(26)24-22)14-17-8-10-19(11-9-17)28-15-18-6-4-3-5-7-18/h3-13H,2,14-16H2,1H3,(H,23,24,26). The summed E-state index contributed by atoms with van der Waals surface area (Å²) in [4.78, 5) is 32.3. The Balaban J connectivity index is 1.51. The Morgan fingerprint density at radius 1 is 1.07 bits per heavy atom. The first-order chi connectivity index (χ1) is 14.1. The highest BCUT2D eigenvalue weighted by Crippen LogP contribution is 2.17. The summed E-state index contributed by atoms with van der Waals surface area (Å²) in [5.74, 6) is 1.01. The third kappa shape index (κ3) is 6.50. The Hall–Kier alpha value is -3.06. The van der Waals surface area contributed by atoms with Gasteiger partial charge in [-0.1, -0.05) is 54.2 Å². The van der Waals surface area contributed by atoms with Crippen molar-refractivity contribution in [1.29, 1.82) is 0 Å². The minimum atomic E-state index is -0.225. The zero-order valence-electron chi connectivity index (χ0n) is 16.2. The molecule has 1 N–H and O–H groups in total. The van der Waals surface area contributed by atoms with Gasteiger partial charge < -0.3 is 14.6 Å². The quantitative estimate of drug-likeness (QED) is 0.433. The first-order valence-electron chi connectivity index (χ1n) is 9.35. The number of ether oxygens (including phenoxy) is 1. The van der Waals surface area contributed by atoms with E-state index >= 15 is 0 Å². The number of aromatic amines is 1. The zero-order chi connectivity index (χ0) is 20.5. The molecule has 0 saturated carbocycles. The molecule has 1 aromatic heterocycles. The molecular weight excluding hydrogens is 386 g/mol. The van der Waals surface area contributed by atoms with Gasteiger partial charge >= 0.3 is 0 Å². The molecule has 0 atom stereocenters. The van der Waals surface area contributed by atoms with Gasteiger partial charge in [0.15, 0.2) is 5.16 Å². The molecule has 0 aliphatic heterocycles. The molecule has 150 valence electrons. The van der Waals surface area contributed by atoms with Gasteiger partial charge in [0.05, 0.1) is 5.75 Å². The number of carbonyl (C=O) groups excluding carboxylic acids is 1. The Morgan fingerprint density at radius 3 is 2.52 bits per heavy atom. The molecule has 0 bridgehead atoms. The van der Waals surface area contributed by atoms with E-state index in [4.69, 9.17) is 4.74 Å². The third-order valence-corrected chi connectivity index (χ3v) is 5.13. The van der Waals surface area contributed by atoms with Crippen LogP contribution in [0.5, 0.6) is 5.75 Å². The smallest absolute Gasteiger partial charge is 0.251 e. The average molecular weight is 410 g/mol. The molecule has 0 aliphatic carbocycles. The highest BCUT2D eigenvalue weighted by atomic mass is 32.2. The van der Waals surface area contributed by atoms with Gasteiger partial charge in [0.1, 0.15) is 12.4 Å². The van der Waals surface area contributed by atoms with Crippen molar-refractivity contribution in [1.82, 2.24) is 14.9 Å². The predicted octanol–water partition coefficient (Wildman–Crippen LogP) is 3.49. The first-order valence-corrected chi connectivity index (χ1v) is 10.3. The van der Waals surface area contributed by atoms with E-state index in [1.54, 1.807) is 4.90 Å². The minimum Gasteiger partial charge on any atom is -0.489 e. The molecule has 3 aromatic rings. The zero-order valence-corrected chi connectivity index (χ0v) is 17.0. The van der Waals surface area contributed by atoms with Gasteiger partial charge in [-0.2, -0.15) is 0 Å². The lowest BCUT2D eigenvalue weighted by molar-refractivity contribution is -0.128. The van der Waals surface area contributed by atoms with E-state index in [2.05, 4.69) is 9.97 Å². The Bertz CT molecular complexity index is 974. The van der Waals surface area contributed by atoms with E-state index < -0.39 is 0 Å². The molecule has 0 saturated heterocycles. The summed E-state index contributed by atoms with van der Waals surface area (Å²) in [5.41, 5.74) is 1.92. The maximum absolute atomic E-state index is 12.5. The lowest BCUT2D eigenvalue weighted by Crippen LogP contribution is -2.31. The molecule has 7 heteroatoms. The maximum atomic E-state index is 12.5. The lowest BCUT2D eigenvalue weighted by Gasteiger charge is -2.21. The number of carbonyl (C=O) groups is 1. The Labute approximate surface area is 173 Å². The number of benzene rings is 2. The molecule has 6 nitrogen and oxygen atoms in total. The van der Waals surface area contributed by atoms with Crippen LogP contribution in [0.4, 0.5) is 0 Å². The van der Waals surface area contributed by atoms with Crippen LogP contribution in [0, 0.1) is 0 Å². The summed E-state index contributed by atoms with van der Waals surface area (Å²) in [6, 6.07) is 19.1. The molecule has 0 unspecified atom stereocenters. The molecule has 3 rings (SSSR count). The summed E-state index contributed by atoms with van der Waals surface area (Å²) in [5, 5.41) is 0.446. The van der Waals surface area contributed by atoms with Crippen molar-refractivity contribution in [3.8, 4) is 5.75 Å². The molecule has 0 aliphatic rings. The van der Waals surface area contributed by atoms with E-state index in [0.29, 0.717) is 24.9 Å². The van der Waals surface area contributed by atoms with Crippen LogP contribution in [0.1, 0.15) is 18.1 Å². The molecule has 29 heavy (non-hydrogen) atoms. The normalized spacial score (nSPS) is 10.5. The predicted molar refractivity (Wildman–Crippen MR) is 114 cm³/mol. The van der Waals surface area contributed by atoms with Gasteiger partial charge in [0, 0.05) is 25.4 Å². The number of hydrogen-bond donors (Lipinski definition) is 1. The van der Waals surface area contributed by atoms with Gasteiger partial charge in [-0.15, -0.1) is 0 Å². The summed E-state index contributed by atoms with van der Waals surface area (Å²) in [7, 11) is 0. The van der Waals surface area contributed by atoms with E-state index in [1.807, 2.05) is 61.5 Å². The van der Waals surface area contributed by atoms with Crippen molar-refractivity contribution < 1.29 is 9.53 Å². The molecule has 0 spiro atoms. The number of aromatic nitrogens is 2. The maximum Gasteiger partial charge on any atom is 0.251 e. The topological polar surface area (TPSA) is 75.3 Å². The third-order valence-electron chi connectivity index (χ3n) is 4.26. The number of nitrogens with zero attached hydrogens (tertiary/aromatic N) is 2. The van der Waals surface area contributed by atoms with Crippen LogP contribution in [-0.4, -0.2) is 33.1 Å². The van der Waals surface area contributed by atoms with Gasteiger partial charge in [-0.25, -0.2) is 4.98 Å². The summed E-state index contributed by atoms with van der Waals surface area (Å²) in [6.07, 6.45) is 1.44. The molecule has 1 amide bonds. The van der Waals surface area contributed by atoms with Crippen LogP contribution in [0.3, 0.4) is 0 Å². The van der Waals surface area contributed by atoms with Crippen molar-refractivity contribution in [3.05, 3.63) is 88.3 Å². The molecule has 0 fully saturated rings. The van der Waals surface area contributed by atoms with Crippen LogP contribution < -0.4 is 10.3 Å². The van der Waals surface area contributed by atoms with Gasteiger partial charge in [-0.3, -0.25) is 9.59 Å². The molecule has 2 aromatic carbocycles. The first kappa shape index (κ1) is 20.7. The van der Waals surface area contributed by atoms with Crippen LogP contribution >= 0.6 is 11.8 Å². The van der Waals surface area contributed by atoms with Crippen molar-refractivity contribution in [2.45, 2.75) is 25.2 Å². The largest absolute Gasteiger partial charge is 0.489 e. The highest BCUT2D eigenvalue weighted by Gasteiger charge is 2.13. The highest BCUT2D eigenvalue weighted by molar-refractivity contribution is 7.99. The van der Waals surface area contributed by atoms with Gasteiger partial charge in [-0.05, 0) is 30.2 Å². The monoisotopic (exact) mass is 409 g/mol. The fourth-order valence-electron chi connectivity index (χ4n) is 2.68. The summed E-state index contributed by atoms with van der Waals surface area (Å²) in [6.45, 7) is 3.59. The Morgan fingerprint density at radius 2 is 1.83 bits per heavy atom. The second kappa shape index (κ2) is 10.5. The molecule has 1 heterocycles. The van der Waals surface area contributed by atoms with Crippen LogP contribution in [0.15, 0.2) is 76.8 Å². The SMILES string of the molecule is CCN(Cc1ccc(OCc2ccccc2)cc1)C(=O)CSc1nccc(=O)[nH]1. The molecular formula is C22H23N3O3S. The second-order valence-electron chi connectivity index (χ2n) is 6.35. The van der Waals surface area contributed by atoms with Gasteiger partial charge in [0.25, 0.3) is 5.56 Å². The van der Waals surface area contributed by atoms with Crippen LogP contribution in [0.25, 0.3) is 0 Å². The fourth-order valence-corrected chi connectivity index (χ4v) is 3.43. The van der Waals surface area contributed by atoms with Crippen molar-refractivity contribution in [3.63, 3.8) is 0 Å². The number of amides is 1. The van der Waals surface area contributed by atoms with Crippen molar-refractivity contribution in [2.24, 2.45) is 0 Å². The van der Waals surface area contributed by atoms with E-state index in [-0.39, 0.29) is 17.2 Å². The van der Waals surface area contributed by atoms with Gasteiger partial charge in [0.2, 0.25) is 5.91 Å². The van der Waals surface area contributed by atoms with Crippen molar-refractivity contribution in [2.75, 3.05) is 12.3 Å². The number of hydrogen-bond acceptors (Lipinski definition) is 5. The number of thioether (sulfide) groups is 1. The summed E-state index contributed by atoms with van der Waals surface area (Å²) < 4.78 is 5.80. The average Bonchev–Trinajstić information content (AvgIpc) is 2.76. The number of rotatable bonds is 9. The summed E-state index contributed by atoms with van der Waals surface area (Å²) >= 11 is 1.23.